The lowest BCUT2D eigenvalue weighted by Crippen LogP contribution is -2.14. The van der Waals surface area contributed by atoms with Gasteiger partial charge in [0.05, 0.1) is 5.75 Å². The van der Waals surface area contributed by atoms with Crippen LogP contribution >= 0.6 is 23.4 Å². The van der Waals surface area contributed by atoms with Gasteiger partial charge >= 0.3 is 0 Å². The number of rotatable bonds is 7. The number of nitrogens with one attached hydrogen (secondary N) is 2. The van der Waals surface area contributed by atoms with Gasteiger partial charge in [0.15, 0.2) is 0 Å². The van der Waals surface area contributed by atoms with Crippen molar-refractivity contribution in [2.45, 2.75) is 18.5 Å². The average molecular weight is 417 g/mol. The van der Waals surface area contributed by atoms with E-state index in [0.717, 1.165) is 11.1 Å². The van der Waals surface area contributed by atoms with Crippen LogP contribution in [0.2, 0.25) is 5.02 Å². The number of thioether (sulfide) groups is 1. The monoisotopic (exact) mass is 416 g/mol. The van der Waals surface area contributed by atoms with E-state index in [1.165, 1.54) is 23.9 Å². The topological polar surface area (TPSA) is 66.9 Å². The minimum atomic E-state index is -0.264. The number of hydrogen-bond acceptors (Lipinski definition) is 5. The molecule has 1 aromatic heterocycles. The highest BCUT2D eigenvalue weighted by Crippen LogP contribution is 2.21. The molecule has 0 saturated heterocycles. The second-order valence-corrected chi connectivity index (χ2v) is 7.44. The SMILES string of the molecule is Cc1ccc(NC(=O)CSc2ccc(NCc3ccc(F)cc3)nn2)cc1Cl. The van der Waals surface area contributed by atoms with Crippen LogP contribution in [0.1, 0.15) is 11.1 Å². The van der Waals surface area contributed by atoms with E-state index < -0.39 is 0 Å². The first-order valence-electron chi connectivity index (χ1n) is 8.50. The maximum Gasteiger partial charge on any atom is 0.234 e. The van der Waals surface area contributed by atoms with Crippen LogP contribution in [0.15, 0.2) is 59.6 Å². The van der Waals surface area contributed by atoms with Crippen molar-refractivity contribution >= 4 is 40.8 Å². The lowest BCUT2D eigenvalue weighted by molar-refractivity contribution is -0.113. The van der Waals surface area contributed by atoms with Crippen LogP contribution in [0, 0.1) is 12.7 Å². The van der Waals surface area contributed by atoms with Gasteiger partial charge in [0.1, 0.15) is 16.7 Å². The third-order valence-electron chi connectivity index (χ3n) is 3.83. The zero-order valence-corrected chi connectivity index (χ0v) is 16.6. The highest BCUT2D eigenvalue weighted by molar-refractivity contribution is 7.99. The van der Waals surface area contributed by atoms with Crippen molar-refractivity contribution in [1.82, 2.24) is 10.2 Å². The highest BCUT2D eigenvalue weighted by atomic mass is 35.5. The maximum absolute atomic E-state index is 12.9. The fourth-order valence-corrected chi connectivity index (χ4v) is 3.09. The lowest BCUT2D eigenvalue weighted by atomic mass is 10.2. The maximum atomic E-state index is 12.9. The van der Waals surface area contributed by atoms with Gasteiger partial charge in [-0.15, -0.1) is 10.2 Å². The number of benzene rings is 2. The number of anilines is 2. The van der Waals surface area contributed by atoms with Gasteiger partial charge in [0, 0.05) is 17.3 Å². The van der Waals surface area contributed by atoms with Gasteiger partial charge in [0.25, 0.3) is 0 Å². The summed E-state index contributed by atoms with van der Waals surface area (Å²) in [4.78, 5) is 12.1. The molecule has 0 aliphatic carbocycles. The molecule has 3 aromatic rings. The molecule has 0 atom stereocenters. The Kier molecular flexibility index (Phi) is 6.84. The third kappa shape index (κ3) is 5.94. The summed E-state index contributed by atoms with van der Waals surface area (Å²) in [5, 5.41) is 15.4. The summed E-state index contributed by atoms with van der Waals surface area (Å²) in [5.41, 5.74) is 2.56. The summed E-state index contributed by atoms with van der Waals surface area (Å²) in [6.45, 7) is 2.42. The molecule has 0 aliphatic heterocycles. The Bertz CT molecular complexity index is 951. The van der Waals surface area contributed by atoms with E-state index >= 15 is 0 Å². The zero-order valence-electron chi connectivity index (χ0n) is 15.1. The van der Waals surface area contributed by atoms with Crippen LogP contribution in [-0.4, -0.2) is 21.9 Å². The van der Waals surface area contributed by atoms with Crippen molar-refractivity contribution in [3.63, 3.8) is 0 Å². The third-order valence-corrected chi connectivity index (χ3v) is 5.16. The predicted octanol–water partition coefficient (Wildman–Crippen LogP) is 4.92. The van der Waals surface area contributed by atoms with Gasteiger partial charge < -0.3 is 10.6 Å². The quantitative estimate of drug-likeness (QED) is 0.535. The van der Waals surface area contributed by atoms with Gasteiger partial charge in [-0.2, -0.15) is 0 Å². The molecule has 0 fully saturated rings. The number of hydrogen-bond donors (Lipinski definition) is 2. The van der Waals surface area contributed by atoms with E-state index in [2.05, 4.69) is 20.8 Å². The second kappa shape index (κ2) is 9.52. The van der Waals surface area contributed by atoms with E-state index in [1.54, 1.807) is 30.3 Å². The smallest absolute Gasteiger partial charge is 0.234 e. The number of aromatic nitrogens is 2. The van der Waals surface area contributed by atoms with Crippen LogP contribution in [0.3, 0.4) is 0 Å². The summed E-state index contributed by atoms with van der Waals surface area (Å²) in [6.07, 6.45) is 0. The molecule has 8 heteroatoms. The first kappa shape index (κ1) is 20.1. The van der Waals surface area contributed by atoms with Crippen LogP contribution in [0.25, 0.3) is 0 Å². The molecule has 28 heavy (non-hydrogen) atoms. The second-order valence-electron chi connectivity index (χ2n) is 6.04. The van der Waals surface area contributed by atoms with Crippen molar-refractivity contribution in [2.24, 2.45) is 0 Å². The van der Waals surface area contributed by atoms with Crippen LogP contribution in [-0.2, 0) is 11.3 Å². The summed E-state index contributed by atoms with van der Waals surface area (Å²) >= 11 is 7.35. The number of carbonyl (C=O) groups is 1. The Balaban J connectivity index is 1.46. The van der Waals surface area contributed by atoms with Gasteiger partial charge in [-0.1, -0.05) is 41.6 Å². The molecule has 2 N–H and O–H groups in total. The van der Waals surface area contributed by atoms with E-state index in [0.29, 0.717) is 28.1 Å². The van der Waals surface area contributed by atoms with Crippen molar-refractivity contribution in [3.8, 4) is 0 Å². The number of aryl methyl sites for hydroxylation is 1. The highest BCUT2D eigenvalue weighted by Gasteiger charge is 2.07. The molecule has 0 radical (unpaired) electrons. The average Bonchev–Trinajstić information content (AvgIpc) is 2.69. The molecule has 3 rings (SSSR count). The number of halogens is 2. The van der Waals surface area contributed by atoms with E-state index in [9.17, 15) is 9.18 Å². The van der Waals surface area contributed by atoms with E-state index in [1.807, 2.05) is 19.1 Å². The Morgan fingerprint density at radius 1 is 1.11 bits per heavy atom. The molecule has 1 heterocycles. The van der Waals surface area contributed by atoms with Crippen LogP contribution in [0.5, 0.6) is 0 Å². The number of nitrogens with zero attached hydrogens (tertiary/aromatic N) is 2. The van der Waals surface area contributed by atoms with E-state index in [-0.39, 0.29) is 17.5 Å². The zero-order chi connectivity index (χ0) is 19.9. The predicted molar refractivity (Wildman–Crippen MR) is 111 cm³/mol. The normalized spacial score (nSPS) is 10.5. The van der Waals surface area contributed by atoms with Gasteiger partial charge in [0.2, 0.25) is 5.91 Å². The molecule has 0 saturated carbocycles. The van der Waals surface area contributed by atoms with Gasteiger partial charge in [-0.3, -0.25) is 4.79 Å². The Hall–Kier alpha value is -2.64. The standard InChI is InChI=1S/C20H18ClFN4OS/c1-13-2-7-16(10-17(13)21)24-19(27)12-28-20-9-8-18(25-26-20)23-11-14-3-5-15(22)6-4-14/h2-10H,11-12H2,1H3,(H,23,25)(H,24,27). The minimum Gasteiger partial charge on any atom is -0.365 e. The first-order valence-corrected chi connectivity index (χ1v) is 9.87. The van der Waals surface area contributed by atoms with E-state index in [4.69, 9.17) is 11.6 Å². The molecule has 5 nitrogen and oxygen atoms in total. The van der Waals surface area contributed by atoms with Gasteiger partial charge in [-0.05, 0) is 54.4 Å². The molecule has 0 spiro atoms. The lowest BCUT2D eigenvalue weighted by Gasteiger charge is -2.07. The molecule has 2 aromatic carbocycles. The number of carbonyl (C=O) groups excluding carboxylic acids is 1. The molecule has 0 unspecified atom stereocenters. The number of amides is 1. The van der Waals surface area contributed by atoms with Crippen molar-refractivity contribution in [2.75, 3.05) is 16.4 Å². The molecule has 144 valence electrons. The van der Waals surface area contributed by atoms with Crippen LogP contribution in [0.4, 0.5) is 15.9 Å². The van der Waals surface area contributed by atoms with Crippen LogP contribution < -0.4 is 10.6 Å². The summed E-state index contributed by atoms with van der Waals surface area (Å²) in [7, 11) is 0. The fourth-order valence-electron chi connectivity index (χ4n) is 2.29. The van der Waals surface area contributed by atoms with Gasteiger partial charge in [-0.25, -0.2) is 4.39 Å². The minimum absolute atomic E-state index is 0.148. The Morgan fingerprint density at radius 3 is 2.57 bits per heavy atom. The largest absolute Gasteiger partial charge is 0.365 e. The van der Waals surface area contributed by atoms with Crippen molar-refractivity contribution in [1.29, 1.82) is 0 Å². The first-order chi connectivity index (χ1) is 13.5. The summed E-state index contributed by atoms with van der Waals surface area (Å²) in [6, 6.07) is 15.2. The summed E-state index contributed by atoms with van der Waals surface area (Å²) in [5.74, 6) is 0.403. The molecule has 0 aliphatic rings. The fraction of sp³-hybridized carbons (Fsp3) is 0.150. The summed E-state index contributed by atoms with van der Waals surface area (Å²) < 4.78 is 12.9. The van der Waals surface area contributed by atoms with Crippen molar-refractivity contribution in [3.05, 3.63) is 76.6 Å². The van der Waals surface area contributed by atoms with Crippen molar-refractivity contribution < 1.29 is 9.18 Å². The Labute approximate surface area is 171 Å². The Morgan fingerprint density at radius 2 is 1.89 bits per heavy atom. The molecule has 0 bridgehead atoms. The molecular weight excluding hydrogens is 399 g/mol. The molecule has 1 amide bonds. The molecular formula is C20H18ClFN4OS.